The summed E-state index contributed by atoms with van der Waals surface area (Å²) >= 11 is 1.64. The molecule has 118 valence electrons. The highest BCUT2D eigenvalue weighted by Crippen LogP contribution is 2.49. The van der Waals surface area contributed by atoms with Crippen LogP contribution in [0.25, 0.3) is 10.2 Å². The molecule has 1 aromatic carbocycles. The predicted molar refractivity (Wildman–Crippen MR) is 89.1 cm³/mol. The van der Waals surface area contributed by atoms with E-state index < -0.39 is 11.7 Å². The maximum Gasteiger partial charge on any atom is 0.405 e. The van der Waals surface area contributed by atoms with Crippen LogP contribution < -0.4 is 11.1 Å². The fourth-order valence-corrected chi connectivity index (χ4v) is 3.93. The lowest BCUT2D eigenvalue weighted by atomic mass is 9.61. The van der Waals surface area contributed by atoms with Crippen molar-refractivity contribution in [1.82, 2.24) is 4.98 Å². The Morgan fingerprint density at radius 2 is 2.09 bits per heavy atom. The Hall–Kier alpha value is -1.82. The second-order valence-corrected chi connectivity index (χ2v) is 7.93. The zero-order valence-electron chi connectivity index (χ0n) is 13.1. The number of anilines is 1. The van der Waals surface area contributed by atoms with E-state index in [9.17, 15) is 4.79 Å². The number of para-hydroxylation sites is 1. The van der Waals surface area contributed by atoms with Gasteiger partial charge in [0.15, 0.2) is 5.13 Å². The maximum atomic E-state index is 11.2. The number of benzene rings is 1. The van der Waals surface area contributed by atoms with Gasteiger partial charge in [0.25, 0.3) is 0 Å². The molecule has 1 aliphatic rings. The van der Waals surface area contributed by atoms with Crippen LogP contribution in [0.2, 0.25) is 0 Å². The number of fused-ring (bicyclic) bond motifs is 1. The van der Waals surface area contributed by atoms with Crippen molar-refractivity contribution in [3.8, 4) is 0 Å². The standard InChI is InChI=1S/C16H21N3O2S/c1-15(2,3)16(21-13(17)20)8-10(9-16)18-14-19-11-6-4-5-7-12(11)22-14/h4-7,10H,8-9H2,1-3H3,(H2,17,20)(H,18,19)/t10-,16-. The van der Waals surface area contributed by atoms with Gasteiger partial charge in [-0.3, -0.25) is 0 Å². The largest absolute Gasteiger partial charge is 0.442 e. The SMILES string of the molecule is CC(C)(C)[C@]1(OC(N)=O)C[C@H](Nc2nc3ccccc3s2)C1. The molecule has 3 rings (SSSR count). The first-order valence-corrected chi connectivity index (χ1v) is 8.21. The van der Waals surface area contributed by atoms with E-state index >= 15 is 0 Å². The van der Waals surface area contributed by atoms with E-state index in [1.807, 2.05) is 18.2 Å². The van der Waals surface area contributed by atoms with Gasteiger partial charge in [0.05, 0.1) is 10.2 Å². The van der Waals surface area contributed by atoms with Crippen LogP contribution in [0.4, 0.5) is 9.93 Å². The molecule has 0 unspecified atom stereocenters. The summed E-state index contributed by atoms with van der Waals surface area (Å²) in [6.07, 6.45) is 0.790. The number of ether oxygens (including phenoxy) is 1. The molecule has 2 aromatic rings. The molecule has 1 heterocycles. The highest BCUT2D eigenvalue weighted by Gasteiger charge is 2.55. The second-order valence-electron chi connectivity index (χ2n) is 6.90. The Labute approximate surface area is 133 Å². The van der Waals surface area contributed by atoms with Gasteiger partial charge in [-0.2, -0.15) is 0 Å². The van der Waals surface area contributed by atoms with Crippen molar-refractivity contribution >= 4 is 32.8 Å². The minimum atomic E-state index is -0.701. The van der Waals surface area contributed by atoms with Gasteiger partial charge in [-0.1, -0.05) is 44.2 Å². The molecule has 1 saturated carbocycles. The Morgan fingerprint density at radius 3 is 2.68 bits per heavy atom. The van der Waals surface area contributed by atoms with E-state index in [4.69, 9.17) is 10.5 Å². The molecule has 1 aromatic heterocycles. The quantitative estimate of drug-likeness (QED) is 0.903. The highest BCUT2D eigenvalue weighted by atomic mass is 32.1. The third-order valence-electron chi connectivity index (χ3n) is 4.44. The molecule has 6 heteroatoms. The molecule has 1 amide bonds. The van der Waals surface area contributed by atoms with E-state index in [0.29, 0.717) is 0 Å². The monoisotopic (exact) mass is 319 g/mol. The van der Waals surface area contributed by atoms with Crippen LogP contribution in [0.15, 0.2) is 24.3 Å². The fourth-order valence-electron chi connectivity index (χ4n) is 2.99. The summed E-state index contributed by atoms with van der Waals surface area (Å²) in [7, 11) is 0. The number of nitrogens with two attached hydrogens (primary N) is 1. The topological polar surface area (TPSA) is 77.2 Å². The third kappa shape index (κ3) is 2.63. The molecule has 22 heavy (non-hydrogen) atoms. The number of hydrogen-bond donors (Lipinski definition) is 2. The van der Waals surface area contributed by atoms with Gasteiger partial charge in [-0.25, -0.2) is 9.78 Å². The minimum Gasteiger partial charge on any atom is -0.442 e. The number of carbonyl (C=O) groups excluding carboxylic acids is 1. The Morgan fingerprint density at radius 1 is 1.41 bits per heavy atom. The van der Waals surface area contributed by atoms with E-state index in [1.54, 1.807) is 11.3 Å². The zero-order valence-corrected chi connectivity index (χ0v) is 13.9. The summed E-state index contributed by atoms with van der Waals surface area (Å²) in [5.41, 5.74) is 5.61. The Bertz CT molecular complexity index is 666. The van der Waals surface area contributed by atoms with Gasteiger partial charge in [-0.15, -0.1) is 0 Å². The molecule has 1 fully saturated rings. The van der Waals surface area contributed by atoms with Crippen LogP contribution in [0.3, 0.4) is 0 Å². The summed E-state index contributed by atoms with van der Waals surface area (Å²) in [5, 5.41) is 4.35. The molecule has 0 spiro atoms. The molecule has 3 N–H and O–H groups in total. The number of rotatable bonds is 3. The zero-order chi connectivity index (χ0) is 16.0. The lowest BCUT2D eigenvalue weighted by molar-refractivity contribution is -0.124. The van der Waals surface area contributed by atoms with Crippen LogP contribution in [-0.4, -0.2) is 22.7 Å². The van der Waals surface area contributed by atoms with Crippen molar-refractivity contribution in [1.29, 1.82) is 0 Å². The first kappa shape index (κ1) is 15.1. The van der Waals surface area contributed by atoms with Gasteiger partial charge < -0.3 is 15.8 Å². The van der Waals surface area contributed by atoms with Gasteiger partial charge in [0.2, 0.25) is 0 Å². The predicted octanol–water partition coefficient (Wildman–Crippen LogP) is 3.75. The van der Waals surface area contributed by atoms with Crippen LogP contribution >= 0.6 is 11.3 Å². The van der Waals surface area contributed by atoms with Crippen molar-refractivity contribution in [2.45, 2.75) is 45.3 Å². The average molecular weight is 319 g/mol. The summed E-state index contributed by atoms with van der Waals surface area (Å²) < 4.78 is 6.61. The lowest BCUT2D eigenvalue weighted by Crippen LogP contribution is -2.61. The summed E-state index contributed by atoms with van der Waals surface area (Å²) in [6.45, 7) is 6.22. The molecular weight excluding hydrogens is 298 g/mol. The number of amides is 1. The summed E-state index contributed by atoms with van der Waals surface area (Å²) in [5.74, 6) is 0. The van der Waals surface area contributed by atoms with Crippen LogP contribution in [-0.2, 0) is 4.74 Å². The van der Waals surface area contributed by atoms with E-state index in [2.05, 4.69) is 37.1 Å². The molecular formula is C16H21N3O2S. The van der Waals surface area contributed by atoms with Gasteiger partial charge in [0, 0.05) is 24.3 Å². The first-order chi connectivity index (χ1) is 10.3. The lowest BCUT2D eigenvalue weighted by Gasteiger charge is -2.53. The molecule has 0 saturated heterocycles. The van der Waals surface area contributed by atoms with E-state index in [-0.39, 0.29) is 11.5 Å². The van der Waals surface area contributed by atoms with Crippen molar-refractivity contribution < 1.29 is 9.53 Å². The summed E-state index contributed by atoms with van der Waals surface area (Å²) in [6, 6.07) is 8.32. The average Bonchev–Trinajstić information content (AvgIpc) is 2.76. The van der Waals surface area contributed by atoms with Crippen LogP contribution in [0.5, 0.6) is 0 Å². The maximum absolute atomic E-state index is 11.2. The van der Waals surface area contributed by atoms with Crippen LogP contribution in [0, 0.1) is 5.41 Å². The van der Waals surface area contributed by atoms with Gasteiger partial charge in [0.1, 0.15) is 5.60 Å². The van der Waals surface area contributed by atoms with Crippen molar-refractivity contribution in [3.05, 3.63) is 24.3 Å². The highest BCUT2D eigenvalue weighted by molar-refractivity contribution is 7.22. The molecule has 5 nitrogen and oxygen atoms in total. The molecule has 0 atom stereocenters. The summed E-state index contributed by atoms with van der Waals surface area (Å²) in [4.78, 5) is 15.8. The number of aromatic nitrogens is 1. The van der Waals surface area contributed by atoms with Gasteiger partial charge in [-0.05, 0) is 12.1 Å². The number of nitrogens with one attached hydrogen (secondary N) is 1. The number of nitrogens with zero attached hydrogens (tertiary/aromatic N) is 1. The van der Waals surface area contributed by atoms with Gasteiger partial charge >= 0.3 is 6.09 Å². The number of thiazole rings is 1. The van der Waals surface area contributed by atoms with E-state index in [1.165, 1.54) is 4.70 Å². The van der Waals surface area contributed by atoms with Crippen molar-refractivity contribution in [3.63, 3.8) is 0 Å². The Kier molecular flexibility index (Phi) is 3.51. The smallest absolute Gasteiger partial charge is 0.405 e. The van der Waals surface area contributed by atoms with E-state index in [0.717, 1.165) is 23.5 Å². The third-order valence-corrected chi connectivity index (χ3v) is 5.40. The number of primary amides is 1. The molecule has 0 radical (unpaired) electrons. The number of carbonyl (C=O) groups is 1. The fraction of sp³-hybridized carbons (Fsp3) is 0.500. The van der Waals surface area contributed by atoms with Crippen molar-refractivity contribution in [2.24, 2.45) is 11.1 Å². The first-order valence-electron chi connectivity index (χ1n) is 7.40. The second kappa shape index (κ2) is 5.12. The van der Waals surface area contributed by atoms with Crippen molar-refractivity contribution in [2.75, 3.05) is 5.32 Å². The normalized spacial score (nSPS) is 24.8. The van der Waals surface area contributed by atoms with Crippen LogP contribution in [0.1, 0.15) is 33.6 Å². The minimum absolute atomic E-state index is 0.145. The Balaban J connectivity index is 1.70. The molecule has 1 aliphatic carbocycles. The molecule has 0 bridgehead atoms. The molecule has 0 aliphatic heterocycles. The number of hydrogen-bond acceptors (Lipinski definition) is 5.